The molecule has 1 aromatic rings. The zero-order chi connectivity index (χ0) is 15.4. The molecule has 0 amide bonds. The number of halogens is 3. The van der Waals surface area contributed by atoms with Gasteiger partial charge in [0.2, 0.25) is 0 Å². The molecule has 1 atom stereocenters. The van der Waals surface area contributed by atoms with E-state index in [0.29, 0.717) is 25.3 Å². The van der Waals surface area contributed by atoms with Crippen molar-refractivity contribution in [3.05, 3.63) is 34.4 Å². The van der Waals surface area contributed by atoms with Gasteiger partial charge in [0.1, 0.15) is 11.6 Å². The van der Waals surface area contributed by atoms with E-state index in [1.54, 1.807) is 0 Å². The van der Waals surface area contributed by atoms with Crippen LogP contribution in [0, 0.1) is 11.6 Å². The summed E-state index contributed by atoms with van der Waals surface area (Å²) in [4.78, 5) is 4.27. The maximum absolute atomic E-state index is 13.9. The molecule has 4 nitrogen and oxygen atoms in total. The summed E-state index contributed by atoms with van der Waals surface area (Å²) in [5, 5.41) is 3.11. The predicted octanol–water partition coefficient (Wildman–Crippen LogP) is 2.71. The van der Waals surface area contributed by atoms with Gasteiger partial charge in [-0.2, -0.15) is 0 Å². The molecule has 1 N–H and O–H groups in total. The topological polar surface area (TPSA) is 42.8 Å². The van der Waals surface area contributed by atoms with Crippen molar-refractivity contribution in [2.45, 2.75) is 18.6 Å². The van der Waals surface area contributed by atoms with Crippen LogP contribution in [-0.4, -0.2) is 39.4 Å². The maximum Gasteiger partial charge on any atom is 0.173 e. The Bertz CT molecular complexity index is 513. The molecular weight excluding hydrogens is 302 g/mol. The third-order valence-electron chi connectivity index (χ3n) is 3.39. The minimum Gasteiger partial charge on any atom is -0.369 e. The molecule has 21 heavy (non-hydrogen) atoms. The second-order valence-electron chi connectivity index (χ2n) is 4.75. The fourth-order valence-corrected chi connectivity index (χ4v) is 2.50. The van der Waals surface area contributed by atoms with Gasteiger partial charge in [0.15, 0.2) is 6.29 Å². The highest BCUT2D eigenvalue weighted by Crippen LogP contribution is 2.31. The highest BCUT2D eigenvalue weighted by molar-refractivity contribution is 6.30. The van der Waals surface area contributed by atoms with Crippen LogP contribution in [-0.2, 0) is 9.47 Å². The fraction of sp³-hybridized carbons (Fsp3) is 0.500. The zero-order valence-corrected chi connectivity index (χ0v) is 12.6. The number of hydrogen-bond acceptors (Lipinski definition) is 4. The number of nitrogens with zero attached hydrogens (tertiary/aromatic N) is 1. The molecule has 0 saturated carbocycles. The number of methoxy groups -OCH3 is 2. The van der Waals surface area contributed by atoms with E-state index in [1.165, 1.54) is 14.2 Å². The third kappa shape index (κ3) is 3.90. The highest BCUT2D eigenvalue weighted by atomic mass is 35.5. The molecule has 0 saturated heterocycles. The Morgan fingerprint density at radius 1 is 1.33 bits per heavy atom. The molecule has 0 radical (unpaired) electrons. The van der Waals surface area contributed by atoms with Crippen molar-refractivity contribution < 1.29 is 18.3 Å². The van der Waals surface area contributed by atoms with Crippen LogP contribution in [0.5, 0.6) is 0 Å². The lowest BCUT2D eigenvalue weighted by Gasteiger charge is -2.15. The van der Waals surface area contributed by atoms with E-state index < -0.39 is 17.9 Å². The van der Waals surface area contributed by atoms with E-state index in [1.807, 2.05) is 0 Å². The van der Waals surface area contributed by atoms with Crippen LogP contribution in [0.2, 0.25) is 5.02 Å². The molecule has 0 fully saturated rings. The summed E-state index contributed by atoms with van der Waals surface area (Å²) < 4.78 is 37.9. The predicted molar refractivity (Wildman–Crippen MR) is 76.8 cm³/mol. The average Bonchev–Trinajstić information content (AvgIpc) is 2.87. The number of amidine groups is 1. The van der Waals surface area contributed by atoms with Gasteiger partial charge in [-0.1, -0.05) is 11.6 Å². The summed E-state index contributed by atoms with van der Waals surface area (Å²) in [6.07, 6.45) is 0.0473. The number of ether oxygens (including phenoxy) is 2. The summed E-state index contributed by atoms with van der Waals surface area (Å²) in [5.41, 5.74) is 0.0370. The quantitative estimate of drug-likeness (QED) is 0.849. The maximum atomic E-state index is 13.9. The lowest BCUT2D eigenvalue weighted by molar-refractivity contribution is -0.0965. The Hall–Kier alpha value is -1.24. The Kier molecular flexibility index (Phi) is 5.50. The number of benzene rings is 1. The van der Waals surface area contributed by atoms with Crippen LogP contribution in [0.4, 0.5) is 8.78 Å². The van der Waals surface area contributed by atoms with Crippen molar-refractivity contribution in [1.29, 1.82) is 0 Å². The van der Waals surface area contributed by atoms with Gasteiger partial charge in [-0.05, 0) is 12.1 Å². The number of nitrogens with one attached hydrogen (secondary N) is 1. The van der Waals surface area contributed by atoms with Gasteiger partial charge in [0.05, 0.1) is 12.4 Å². The molecule has 0 aromatic heterocycles. The largest absolute Gasteiger partial charge is 0.369 e. The second kappa shape index (κ2) is 7.15. The molecule has 2 rings (SSSR count). The normalized spacial score (nSPS) is 18.2. The lowest BCUT2D eigenvalue weighted by Crippen LogP contribution is -2.33. The number of rotatable bonds is 5. The van der Waals surface area contributed by atoms with E-state index in [2.05, 4.69) is 10.3 Å². The molecule has 0 unspecified atom stereocenters. The smallest absolute Gasteiger partial charge is 0.173 e. The molecular formula is C14H17ClF2N2O2. The van der Waals surface area contributed by atoms with E-state index in [4.69, 9.17) is 21.1 Å². The SMILES string of the molecule is COC(CNC1=NC[C@@H](c2c(F)cc(Cl)cc2F)C1)OC. The summed E-state index contributed by atoms with van der Waals surface area (Å²) in [6.45, 7) is 0.757. The molecule has 1 aromatic carbocycles. The van der Waals surface area contributed by atoms with Crippen molar-refractivity contribution in [1.82, 2.24) is 5.32 Å². The number of hydrogen-bond donors (Lipinski definition) is 1. The van der Waals surface area contributed by atoms with Crippen LogP contribution in [0.25, 0.3) is 0 Å². The molecule has 116 valence electrons. The van der Waals surface area contributed by atoms with Crippen molar-refractivity contribution >= 4 is 17.4 Å². The minimum atomic E-state index is -0.631. The first-order chi connectivity index (χ1) is 10.0. The van der Waals surface area contributed by atoms with Crippen LogP contribution < -0.4 is 5.32 Å². The molecule has 1 heterocycles. The van der Waals surface area contributed by atoms with Crippen molar-refractivity contribution in [2.24, 2.45) is 4.99 Å². The minimum absolute atomic E-state index is 0.0370. The molecule has 7 heteroatoms. The Labute approximate surface area is 127 Å². The van der Waals surface area contributed by atoms with Gasteiger partial charge in [-0.15, -0.1) is 0 Å². The molecule has 0 aliphatic carbocycles. The van der Waals surface area contributed by atoms with Gasteiger partial charge in [-0.3, -0.25) is 4.99 Å². The first kappa shape index (κ1) is 16.1. The van der Waals surface area contributed by atoms with Crippen LogP contribution in [0.3, 0.4) is 0 Å². The van der Waals surface area contributed by atoms with E-state index >= 15 is 0 Å². The Morgan fingerprint density at radius 3 is 2.52 bits per heavy atom. The van der Waals surface area contributed by atoms with Crippen molar-refractivity contribution in [3.8, 4) is 0 Å². The van der Waals surface area contributed by atoms with E-state index in [0.717, 1.165) is 12.1 Å². The van der Waals surface area contributed by atoms with E-state index in [-0.39, 0.29) is 16.5 Å². The van der Waals surface area contributed by atoms with Crippen LogP contribution in [0.15, 0.2) is 17.1 Å². The van der Waals surface area contributed by atoms with Gasteiger partial charge in [0, 0.05) is 43.7 Å². The average molecular weight is 319 g/mol. The third-order valence-corrected chi connectivity index (χ3v) is 3.61. The standard InChI is InChI=1S/C14H17ClF2N2O2/c1-20-13(21-2)7-19-12-3-8(6-18-12)14-10(16)4-9(15)5-11(14)17/h4-5,8,13H,3,6-7H2,1-2H3,(H,18,19)/t8-/m0/s1. The first-order valence-corrected chi connectivity index (χ1v) is 6.90. The van der Waals surface area contributed by atoms with Crippen molar-refractivity contribution in [2.75, 3.05) is 27.3 Å². The van der Waals surface area contributed by atoms with Gasteiger partial charge in [0.25, 0.3) is 0 Å². The summed E-state index contributed by atoms with van der Waals surface area (Å²) in [5.74, 6) is -0.901. The lowest BCUT2D eigenvalue weighted by atomic mass is 9.96. The molecule has 0 spiro atoms. The zero-order valence-electron chi connectivity index (χ0n) is 11.8. The summed E-state index contributed by atoms with van der Waals surface area (Å²) in [7, 11) is 3.07. The molecule has 1 aliphatic rings. The molecule has 0 bridgehead atoms. The van der Waals surface area contributed by atoms with Crippen LogP contribution in [0.1, 0.15) is 17.9 Å². The summed E-state index contributed by atoms with van der Waals surface area (Å²) >= 11 is 5.63. The van der Waals surface area contributed by atoms with E-state index in [9.17, 15) is 8.78 Å². The van der Waals surface area contributed by atoms with Gasteiger partial charge in [-0.25, -0.2) is 8.78 Å². The molecule has 1 aliphatic heterocycles. The first-order valence-electron chi connectivity index (χ1n) is 6.52. The van der Waals surface area contributed by atoms with Gasteiger partial charge < -0.3 is 14.8 Å². The number of aliphatic imine (C=N–C) groups is 1. The Morgan fingerprint density at radius 2 is 1.95 bits per heavy atom. The fourth-order valence-electron chi connectivity index (χ4n) is 2.31. The second-order valence-corrected chi connectivity index (χ2v) is 5.19. The van der Waals surface area contributed by atoms with Crippen molar-refractivity contribution in [3.63, 3.8) is 0 Å². The summed E-state index contributed by atoms with van der Waals surface area (Å²) in [6, 6.07) is 2.24. The van der Waals surface area contributed by atoms with Crippen LogP contribution >= 0.6 is 11.6 Å². The van der Waals surface area contributed by atoms with Gasteiger partial charge >= 0.3 is 0 Å². The Balaban J connectivity index is 1.98. The monoisotopic (exact) mass is 318 g/mol. The highest BCUT2D eigenvalue weighted by Gasteiger charge is 2.26.